The number of carbonyl (C=O) groups is 1. The van der Waals surface area contributed by atoms with E-state index in [0.29, 0.717) is 11.8 Å². The van der Waals surface area contributed by atoms with E-state index in [1.807, 2.05) is 0 Å². The Balaban J connectivity index is 0.0000111. The molecular formula is C50H81NaO41S. The Morgan fingerprint density at radius 3 is 0.527 bits per heavy atom. The molecule has 0 aromatic heterocycles. The number of rotatable bonds is 11. The van der Waals surface area contributed by atoms with Gasteiger partial charge >= 0.3 is 29.6 Å². The van der Waals surface area contributed by atoms with Crippen molar-refractivity contribution in [3.8, 4) is 0 Å². The van der Waals surface area contributed by atoms with Crippen LogP contribution in [0.25, 0.3) is 0 Å². The van der Waals surface area contributed by atoms with Gasteiger partial charge in [0.2, 0.25) is 0 Å². The molecule has 0 radical (unpaired) electrons. The summed E-state index contributed by atoms with van der Waals surface area (Å²) in [5, 5.41) is 268. The van der Waals surface area contributed by atoms with Crippen LogP contribution in [-0.4, -0.2) is 427 Å². The predicted molar refractivity (Wildman–Crippen MR) is 276 cm³/mol. The third-order valence-electron chi connectivity index (χ3n) is 17.2. The van der Waals surface area contributed by atoms with Crippen LogP contribution in [0.4, 0.5) is 0 Å². The number of hydrogen-bond acceptors (Lipinski definition) is 42. The molecular weight excluding hydrogens is 1310 g/mol. The van der Waals surface area contributed by atoms with E-state index in [-0.39, 0.29) is 29.6 Å². The van der Waals surface area contributed by atoms with Crippen LogP contribution >= 0.6 is 11.8 Å². The first-order valence-electron chi connectivity index (χ1n) is 29.2. The number of aliphatic hydroxyl groups is 23. The van der Waals surface area contributed by atoms with Gasteiger partial charge in [-0.3, -0.25) is 0 Å². The molecule has 0 saturated carbocycles. The van der Waals surface area contributed by atoms with Crippen LogP contribution in [0, 0.1) is 0 Å². The summed E-state index contributed by atoms with van der Waals surface area (Å²) in [6.07, 6.45) is -82.6. The third kappa shape index (κ3) is 16.3. The van der Waals surface area contributed by atoms with Gasteiger partial charge in [-0.2, -0.15) is 11.8 Å². The molecule has 0 amide bonds. The molecule has 30 aliphatic rings. The molecule has 43 heteroatoms. The summed E-state index contributed by atoms with van der Waals surface area (Å²) in [5.41, 5.74) is 0. The van der Waals surface area contributed by atoms with Crippen molar-refractivity contribution in [2.75, 3.05) is 57.8 Å². The van der Waals surface area contributed by atoms with E-state index in [0.717, 1.165) is 0 Å². The van der Waals surface area contributed by atoms with E-state index in [4.69, 9.17) is 75.8 Å². The average Bonchev–Trinajstić information content (AvgIpc) is 0.796. The van der Waals surface area contributed by atoms with Gasteiger partial charge in [0.1, 0.15) is 189 Å². The van der Waals surface area contributed by atoms with Crippen LogP contribution < -0.4 is 34.7 Å². The molecule has 0 aromatic carbocycles. The summed E-state index contributed by atoms with van der Waals surface area (Å²) in [6, 6.07) is 0. The fraction of sp³-hybridized carbons (Fsp3) is 0.980. The van der Waals surface area contributed by atoms with Crippen molar-refractivity contribution in [1.29, 1.82) is 0 Å². The number of carboxylic acid groups (broad SMARTS) is 1. The second-order valence-corrected chi connectivity index (χ2v) is 24.2. The molecule has 30 heterocycles. The van der Waals surface area contributed by atoms with Crippen LogP contribution in [-0.2, 0) is 80.6 Å². The van der Waals surface area contributed by atoms with Gasteiger partial charge in [0, 0.05) is 11.5 Å². The second-order valence-electron chi connectivity index (χ2n) is 23.2. The van der Waals surface area contributed by atoms with E-state index < -0.39 is 309 Å². The summed E-state index contributed by atoms with van der Waals surface area (Å²) < 4.78 is 91.8. The Hall–Kier alpha value is -0.740. The van der Waals surface area contributed by atoms with Crippen molar-refractivity contribution in [1.82, 2.24) is 0 Å². The molecule has 30 fully saturated rings. The van der Waals surface area contributed by atoms with Gasteiger partial charge in [-0.25, -0.2) is 0 Å². The number of aliphatic carboxylic acids is 1. The van der Waals surface area contributed by atoms with Crippen LogP contribution in [0.5, 0.6) is 0 Å². The van der Waals surface area contributed by atoms with Crippen molar-refractivity contribution in [2.24, 2.45) is 0 Å². The Morgan fingerprint density at radius 2 is 0.387 bits per heavy atom. The van der Waals surface area contributed by atoms with E-state index >= 15 is 0 Å². The first-order chi connectivity index (χ1) is 43.7. The summed E-state index contributed by atoms with van der Waals surface area (Å²) in [5.74, 6) is -2.80. The predicted octanol–water partition coefficient (Wildman–Crippen LogP) is -20.9. The summed E-state index contributed by atoms with van der Waals surface area (Å²) in [6.45, 7) is -7.68. The molecule has 16 bridgehead atoms. The zero-order chi connectivity index (χ0) is 67.1. The topological polar surface area (TPSA) is 653 Å². The summed E-state index contributed by atoms with van der Waals surface area (Å²) >= 11 is 0.598. The van der Waals surface area contributed by atoms with Crippen LogP contribution in [0.3, 0.4) is 0 Å². The average molecular weight is 1390 g/mol. The maximum atomic E-state index is 11.6. The molecule has 534 valence electrons. The monoisotopic (exact) mass is 1390 g/mol. The zero-order valence-electron chi connectivity index (χ0n) is 49.0. The van der Waals surface area contributed by atoms with E-state index in [2.05, 4.69) is 0 Å². The summed E-state index contributed by atoms with van der Waals surface area (Å²) in [4.78, 5) is 11.5. The first kappa shape index (κ1) is 78.0. The molecule has 30 aliphatic heterocycles. The van der Waals surface area contributed by atoms with Crippen LogP contribution in [0.15, 0.2) is 0 Å². The smallest absolute Gasteiger partial charge is 0.549 e. The van der Waals surface area contributed by atoms with Crippen molar-refractivity contribution in [3.05, 3.63) is 0 Å². The molecule has 0 spiro atoms. The number of thioether (sulfide) groups is 1. The Morgan fingerprint density at radius 1 is 0.247 bits per heavy atom. The molecule has 0 aliphatic carbocycles. The van der Waals surface area contributed by atoms with E-state index in [1.165, 1.54) is 0 Å². The van der Waals surface area contributed by atoms with Crippen LogP contribution in [0.1, 0.15) is 0 Å². The van der Waals surface area contributed by atoms with Crippen molar-refractivity contribution in [3.63, 3.8) is 0 Å². The molecule has 40 atom stereocenters. The molecule has 93 heavy (non-hydrogen) atoms. The molecule has 23 N–H and O–H groups in total. The Bertz CT molecular complexity index is 2290. The largest absolute Gasteiger partial charge is 1.00 e. The number of hydrogen-bond donors (Lipinski definition) is 23. The molecule has 0 unspecified atom stereocenters. The maximum absolute atomic E-state index is 11.6. The normalized spacial score (nSPS) is 52.8. The minimum atomic E-state index is -2.28. The fourth-order valence-electron chi connectivity index (χ4n) is 12.1. The van der Waals surface area contributed by atoms with Gasteiger partial charge in [-0.15, -0.1) is 0 Å². The quantitative estimate of drug-likeness (QED) is 0.0854. The third-order valence-corrected chi connectivity index (χ3v) is 18.2. The number of carboxylic acids is 1. The minimum Gasteiger partial charge on any atom is -0.549 e. The standard InChI is InChI=1S/C50H82O41S.Na/c51-1-10-35-19(60)27(68)43(76-10)85-36-11(2-52)78-45(29(70)21(36)62)87-38-13(4-54)80-47(31(72)23(38)64)89-40-15(6-56)82-49(33(74)25(40)66)91-42-17(8-92-9-18(58)59)83-50(34(75)26(42)67)90-41-16(7-57)81-48(32(73)24(41)65)88-39-14(5-55)79-46(30(71)22(39)63)86-37-12(3-53)77-44(84-35)28(69)20(37)61;/h10-17,19-57,60-75H,1-9H2,(H,58,59);/q;+1/p-1/t10-,11-,12-,13-,14-,15-,16-,17-,19-,20-,21-,22-,23-,24-,25-,26-,27-,28-,29-,30-,31-,32-,33-,34-,35-,36-,37-,38-,39-,40-,41-,42-,43-,44-,45-,46-,47-,48-,49-,50-;/m1./s1. The molecule has 30 saturated heterocycles. The summed E-state index contributed by atoms with van der Waals surface area (Å²) in [7, 11) is 0. The second kappa shape index (κ2) is 33.8. The van der Waals surface area contributed by atoms with E-state index in [9.17, 15) is 127 Å². The Labute approximate surface area is 551 Å². The fourth-order valence-corrected chi connectivity index (χ4v) is 12.9. The minimum absolute atomic E-state index is 0. The number of ether oxygens (including phenoxy) is 16. The molecule has 30 rings (SSSR count). The van der Waals surface area contributed by atoms with Gasteiger partial charge in [0.05, 0.1) is 58.3 Å². The van der Waals surface area contributed by atoms with Crippen molar-refractivity contribution in [2.45, 2.75) is 246 Å². The zero-order valence-corrected chi connectivity index (χ0v) is 51.8. The molecule has 41 nitrogen and oxygen atoms in total. The first-order valence-corrected chi connectivity index (χ1v) is 30.3. The van der Waals surface area contributed by atoms with Gasteiger partial charge in [0.25, 0.3) is 0 Å². The van der Waals surface area contributed by atoms with Crippen molar-refractivity contribution >= 4 is 17.7 Å². The van der Waals surface area contributed by atoms with Crippen molar-refractivity contribution < 1.29 is 233 Å². The van der Waals surface area contributed by atoms with Gasteiger partial charge in [-0.05, 0) is 0 Å². The van der Waals surface area contributed by atoms with Gasteiger partial charge in [-0.1, -0.05) is 0 Å². The van der Waals surface area contributed by atoms with E-state index in [1.54, 1.807) is 0 Å². The SMILES string of the molecule is O=C([O-])CSC[C@H]1O[C@@H]2O[C@H]3[C@H](O)[C@@H](O)[C@@H](O[C@H]4[C@H](O)[C@@H](O)[C@@H](O[C@H]5[C@H](O)[C@@H](O)[C@@H](O[C@H]6[C@H](O)[C@@H](O)[C@@H](O[C@H]7[C@H](O)[C@@H](O)[C@@H](O[C@H]8[C@H](O)[C@@H](O)[C@@H](O[C@H]9[C@H](O)[C@@H](O)[C@@H](O[C@H]1[C@H](O)[C@H]2O)O[C@@H]9CO)O[C@@H]8CO)O[C@@H]7CO)O[C@@H]6CO)O[C@@H]5CO)O[C@@H]4CO)O[C@@H]3CO.[Na+]. The Kier molecular flexibility index (Phi) is 28.4. The number of aliphatic hydroxyl groups excluding tert-OH is 23. The maximum Gasteiger partial charge on any atom is 1.00 e. The molecule has 0 aromatic rings. The van der Waals surface area contributed by atoms with Gasteiger partial charge in [0.15, 0.2) is 50.3 Å². The van der Waals surface area contributed by atoms with Gasteiger partial charge < -0.3 is 203 Å². The van der Waals surface area contributed by atoms with Crippen LogP contribution in [0.2, 0.25) is 0 Å². The number of carbonyl (C=O) groups excluding carboxylic acids is 1.